The number of aryl methyl sites for hydroxylation is 2. The summed E-state index contributed by atoms with van der Waals surface area (Å²) in [4.78, 5) is 8.52. The van der Waals surface area contributed by atoms with Crippen LogP contribution >= 0.6 is 45.3 Å². The molecule has 4 aromatic rings. The average molecular weight is 559 g/mol. The van der Waals surface area contributed by atoms with Crippen LogP contribution in [0.25, 0.3) is 29.3 Å². The molecule has 0 aromatic carbocycles. The fourth-order valence-corrected chi connectivity index (χ4v) is 8.85. The quantitative estimate of drug-likeness (QED) is 0.120. The van der Waals surface area contributed by atoms with Crippen molar-refractivity contribution in [2.45, 2.75) is 64.2 Å². The number of hydrogen-bond donors (Lipinski definition) is 0. The van der Waals surface area contributed by atoms with Crippen molar-refractivity contribution in [3.8, 4) is 29.3 Å². The maximum absolute atomic E-state index is 5.17. The van der Waals surface area contributed by atoms with E-state index in [4.69, 9.17) is 9.47 Å². The molecule has 0 bridgehead atoms. The number of unbranched alkanes of at least 4 members (excludes halogenated alkanes) is 6. The molecule has 2 nitrogen and oxygen atoms in total. The van der Waals surface area contributed by atoms with Crippen LogP contribution in [0.2, 0.25) is 0 Å². The molecule has 0 saturated heterocycles. The first-order valence-electron chi connectivity index (χ1n) is 13.1. The molecule has 0 amide bonds. The fraction of sp³-hybridized carbons (Fsp3) is 0.467. The van der Waals surface area contributed by atoms with Crippen molar-refractivity contribution in [1.82, 2.24) is 0 Å². The summed E-state index contributed by atoms with van der Waals surface area (Å²) in [6.07, 6.45) is 12.3. The van der Waals surface area contributed by atoms with E-state index < -0.39 is 0 Å². The van der Waals surface area contributed by atoms with Gasteiger partial charge in [0.2, 0.25) is 0 Å². The molecule has 4 rings (SSSR count). The van der Waals surface area contributed by atoms with Crippen molar-refractivity contribution in [1.29, 1.82) is 0 Å². The number of methoxy groups -OCH3 is 2. The second kappa shape index (κ2) is 15.2. The van der Waals surface area contributed by atoms with E-state index in [1.165, 1.54) is 105 Å². The third-order valence-corrected chi connectivity index (χ3v) is 11.1. The Morgan fingerprint density at radius 3 is 1.36 bits per heavy atom. The Kier molecular flexibility index (Phi) is 11.7. The highest BCUT2D eigenvalue weighted by Gasteiger charge is 2.14. The summed E-state index contributed by atoms with van der Waals surface area (Å²) in [7, 11) is 3.58. The van der Waals surface area contributed by atoms with Crippen LogP contribution in [0, 0.1) is 0 Å². The van der Waals surface area contributed by atoms with Gasteiger partial charge in [-0.1, -0.05) is 25.7 Å². The van der Waals surface area contributed by atoms with Gasteiger partial charge in [-0.25, -0.2) is 0 Å². The second-order valence-electron chi connectivity index (χ2n) is 9.19. The van der Waals surface area contributed by atoms with Crippen molar-refractivity contribution in [3.63, 3.8) is 0 Å². The Balaban J connectivity index is 1.35. The first-order chi connectivity index (χ1) is 17.8. The zero-order valence-corrected chi connectivity index (χ0v) is 24.8. The fourth-order valence-electron chi connectivity index (χ4n) is 4.51. The van der Waals surface area contributed by atoms with Gasteiger partial charge in [0.05, 0.1) is 0 Å². The molecule has 4 heterocycles. The maximum atomic E-state index is 5.17. The summed E-state index contributed by atoms with van der Waals surface area (Å²) in [5.74, 6) is 0. The molecule has 6 heteroatoms. The molecule has 0 radical (unpaired) electrons. The molecular formula is C30H38O2S4. The van der Waals surface area contributed by atoms with Crippen LogP contribution in [0.5, 0.6) is 0 Å². The molecule has 4 aromatic heterocycles. The second-order valence-corrected chi connectivity index (χ2v) is 13.2. The summed E-state index contributed by atoms with van der Waals surface area (Å²) in [5, 5.41) is 4.52. The van der Waals surface area contributed by atoms with E-state index >= 15 is 0 Å². The highest BCUT2D eigenvalue weighted by Crippen LogP contribution is 2.44. The van der Waals surface area contributed by atoms with E-state index in [-0.39, 0.29) is 0 Å². The van der Waals surface area contributed by atoms with Crippen LogP contribution in [-0.2, 0) is 22.3 Å². The van der Waals surface area contributed by atoms with Gasteiger partial charge in [0.1, 0.15) is 0 Å². The lowest BCUT2D eigenvalue weighted by molar-refractivity contribution is 0.192. The minimum Gasteiger partial charge on any atom is -0.385 e. The molecule has 0 aliphatic carbocycles. The minimum absolute atomic E-state index is 0.884. The normalized spacial score (nSPS) is 11.5. The predicted octanol–water partition coefficient (Wildman–Crippen LogP) is 10.4. The molecule has 0 saturated carbocycles. The number of thiophene rings is 4. The Hall–Kier alpha value is -1.28. The van der Waals surface area contributed by atoms with Gasteiger partial charge in [0.25, 0.3) is 0 Å². The first kappa shape index (κ1) is 27.7. The summed E-state index contributed by atoms with van der Waals surface area (Å²) < 4.78 is 10.3. The third kappa shape index (κ3) is 7.86. The molecule has 0 atom stereocenters. The van der Waals surface area contributed by atoms with Crippen LogP contribution in [0.4, 0.5) is 0 Å². The molecule has 0 aliphatic rings. The molecule has 0 unspecified atom stereocenters. The van der Waals surface area contributed by atoms with Gasteiger partial charge in [-0.3, -0.25) is 0 Å². The smallest absolute Gasteiger partial charge is 0.0474 e. The van der Waals surface area contributed by atoms with Gasteiger partial charge in [-0.2, -0.15) is 0 Å². The van der Waals surface area contributed by atoms with Crippen molar-refractivity contribution < 1.29 is 9.47 Å². The number of hydrogen-bond acceptors (Lipinski definition) is 6. The predicted molar refractivity (Wildman–Crippen MR) is 162 cm³/mol. The van der Waals surface area contributed by atoms with Gasteiger partial charge in [-0.15, -0.1) is 45.3 Å². The molecule has 0 aliphatic heterocycles. The maximum Gasteiger partial charge on any atom is 0.0474 e. The van der Waals surface area contributed by atoms with Crippen LogP contribution in [0.3, 0.4) is 0 Å². The van der Waals surface area contributed by atoms with E-state index in [1.54, 1.807) is 14.2 Å². The number of rotatable bonds is 17. The largest absolute Gasteiger partial charge is 0.385 e. The van der Waals surface area contributed by atoms with Gasteiger partial charge in [-0.05, 0) is 96.8 Å². The summed E-state index contributed by atoms with van der Waals surface area (Å²) in [6.45, 7) is 1.77. The molecular weight excluding hydrogens is 521 g/mol. The van der Waals surface area contributed by atoms with Crippen LogP contribution in [0.1, 0.15) is 62.5 Å². The van der Waals surface area contributed by atoms with E-state index in [0.717, 1.165) is 13.2 Å². The van der Waals surface area contributed by atoms with Gasteiger partial charge in [0, 0.05) is 56.7 Å². The van der Waals surface area contributed by atoms with Crippen LogP contribution in [-0.4, -0.2) is 27.4 Å². The van der Waals surface area contributed by atoms with E-state index in [9.17, 15) is 0 Å². The Labute approximate surface area is 233 Å². The zero-order valence-electron chi connectivity index (χ0n) is 21.6. The van der Waals surface area contributed by atoms with Crippen molar-refractivity contribution in [3.05, 3.63) is 58.3 Å². The molecule has 36 heavy (non-hydrogen) atoms. The third-order valence-electron chi connectivity index (χ3n) is 6.49. The van der Waals surface area contributed by atoms with Crippen molar-refractivity contribution in [2.24, 2.45) is 0 Å². The van der Waals surface area contributed by atoms with Crippen LogP contribution in [0.15, 0.2) is 47.2 Å². The van der Waals surface area contributed by atoms with Gasteiger partial charge < -0.3 is 9.47 Å². The zero-order chi connectivity index (χ0) is 25.0. The minimum atomic E-state index is 0.884. The standard InChI is InChI=1S/C30H38O2S4/c1-31-19-9-5-3-7-11-23-17-21-33-29(23)27-15-13-25(35-27)26-14-16-28(36-26)30-24(18-22-34-30)12-8-4-6-10-20-32-2/h13-18,21-22H,3-12,19-20H2,1-2H3. The molecule has 194 valence electrons. The average Bonchev–Trinajstić information content (AvgIpc) is 3.69. The Morgan fingerprint density at radius 1 is 0.500 bits per heavy atom. The Bertz CT molecular complexity index is 1060. The summed E-state index contributed by atoms with van der Waals surface area (Å²) in [5.41, 5.74) is 3.02. The van der Waals surface area contributed by atoms with Gasteiger partial charge >= 0.3 is 0 Å². The topological polar surface area (TPSA) is 18.5 Å². The molecule has 0 N–H and O–H groups in total. The molecule has 0 spiro atoms. The lowest BCUT2D eigenvalue weighted by Gasteiger charge is -2.03. The van der Waals surface area contributed by atoms with E-state index in [2.05, 4.69) is 47.2 Å². The van der Waals surface area contributed by atoms with Gasteiger partial charge in [0.15, 0.2) is 0 Å². The monoisotopic (exact) mass is 558 g/mol. The van der Waals surface area contributed by atoms with E-state index in [0.29, 0.717) is 0 Å². The highest BCUT2D eigenvalue weighted by atomic mass is 32.1. The first-order valence-corrected chi connectivity index (χ1v) is 16.5. The number of ether oxygens (including phenoxy) is 2. The SMILES string of the molecule is COCCCCCCc1ccsc1-c1ccc(-c2ccc(-c3sccc3CCCCCCOC)s2)s1. The lowest BCUT2D eigenvalue weighted by Crippen LogP contribution is -1.90. The molecule has 0 fully saturated rings. The Morgan fingerprint density at radius 2 is 0.917 bits per heavy atom. The summed E-state index contributed by atoms with van der Waals surface area (Å²) >= 11 is 7.67. The summed E-state index contributed by atoms with van der Waals surface area (Å²) in [6, 6.07) is 13.9. The van der Waals surface area contributed by atoms with Crippen molar-refractivity contribution in [2.75, 3.05) is 27.4 Å². The lowest BCUT2D eigenvalue weighted by atomic mass is 10.1. The van der Waals surface area contributed by atoms with Crippen LogP contribution < -0.4 is 0 Å². The van der Waals surface area contributed by atoms with Crippen molar-refractivity contribution >= 4 is 45.3 Å². The highest BCUT2D eigenvalue weighted by molar-refractivity contribution is 7.28. The van der Waals surface area contributed by atoms with E-state index in [1.807, 2.05) is 45.3 Å².